The molecular weight excluding hydrogens is 348 g/mol. The Bertz CT molecular complexity index is 821. The number of hydrogen-bond donors (Lipinski definition) is 2. The Morgan fingerprint density at radius 2 is 1.92 bits per heavy atom. The Morgan fingerprint density at radius 3 is 2.60 bits per heavy atom. The van der Waals surface area contributed by atoms with Gasteiger partial charge < -0.3 is 5.32 Å². The average Bonchev–Trinajstić information content (AvgIpc) is 2.60. The Morgan fingerprint density at radius 1 is 1.20 bits per heavy atom. The van der Waals surface area contributed by atoms with E-state index in [0.717, 1.165) is 0 Å². The van der Waals surface area contributed by atoms with E-state index in [1.807, 2.05) is 0 Å². The van der Waals surface area contributed by atoms with Crippen molar-refractivity contribution in [2.45, 2.75) is 0 Å². The standard InChI is InChI=1S/C16H13ClN4O4/c17-13-6-4-12(5-7-13)16(23)18-10-15(22)20-19-9-11-2-1-3-14(8-11)21(24)25/h1-9H,10H2,(H,18,23)(H,20,22)/b19-9-. The normalized spacial score (nSPS) is 10.4. The zero-order valence-electron chi connectivity index (χ0n) is 12.8. The molecule has 0 saturated heterocycles. The number of benzene rings is 2. The lowest BCUT2D eigenvalue weighted by Gasteiger charge is -2.04. The van der Waals surface area contributed by atoms with Gasteiger partial charge in [0, 0.05) is 28.3 Å². The quantitative estimate of drug-likeness (QED) is 0.466. The Hall–Kier alpha value is -3.26. The topological polar surface area (TPSA) is 114 Å². The van der Waals surface area contributed by atoms with Gasteiger partial charge in [-0.3, -0.25) is 19.7 Å². The summed E-state index contributed by atoms with van der Waals surface area (Å²) >= 11 is 5.73. The van der Waals surface area contributed by atoms with E-state index in [9.17, 15) is 19.7 Å². The fraction of sp³-hybridized carbons (Fsp3) is 0.0625. The van der Waals surface area contributed by atoms with E-state index < -0.39 is 16.7 Å². The molecule has 9 heteroatoms. The van der Waals surface area contributed by atoms with E-state index in [-0.39, 0.29) is 12.2 Å². The lowest BCUT2D eigenvalue weighted by molar-refractivity contribution is -0.384. The number of hydrazone groups is 1. The predicted molar refractivity (Wildman–Crippen MR) is 92.6 cm³/mol. The summed E-state index contributed by atoms with van der Waals surface area (Å²) in [6.45, 7) is -0.270. The molecular formula is C16H13ClN4O4. The van der Waals surface area contributed by atoms with Gasteiger partial charge in [-0.15, -0.1) is 0 Å². The van der Waals surface area contributed by atoms with Crippen LogP contribution < -0.4 is 10.7 Å². The van der Waals surface area contributed by atoms with Crippen LogP contribution in [0.1, 0.15) is 15.9 Å². The zero-order chi connectivity index (χ0) is 18.2. The first-order chi connectivity index (χ1) is 12.0. The van der Waals surface area contributed by atoms with Crippen LogP contribution >= 0.6 is 11.6 Å². The number of hydrogen-bond acceptors (Lipinski definition) is 5. The van der Waals surface area contributed by atoms with Gasteiger partial charge in [-0.2, -0.15) is 5.10 Å². The van der Waals surface area contributed by atoms with Gasteiger partial charge in [-0.1, -0.05) is 23.7 Å². The second-order valence-corrected chi connectivity index (χ2v) is 5.27. The number of carbonyl (C=O) groups is 2. The average molecular weight is 361 g/mol. The minimum Gasteiger partial charge on any atom is -0.343 e. The third kappa shape index (κ3) is 5.70. The third-order valence-corrected chi connectivity index (χ3v) is 3.25. The maximum atomic E-state index is 11.8. The molecule has 0 aliphatic rings. The van der Waals surface area contributed by atoms with Crippen LogP contribution in [-0.4, -0.2) is 29.5 Å². The molecule has 0 fully saturated rings. The van der Waals surface area contributed by atoms with Crippen molar-refractivity contribution >= 4 is 35.3 Å². The summed E-state index contributed by atoms with van der Waals surface area (Å²) in [5.74, 6) is -0.960. The largest absolute Gasteiger partial charge is 0.343 e. The summed E-state index contributed by atoms with van der Waals surface area (Å²) in [6, 6.07) is 12.0. The Labute approximate surface area is 147 Å². The van der Waals surface area contributed by atoms with Crippen molar-refractivity contribution in [1.29, 1.82) is 0 Å². The van der Waals surface area contributed by atoms with Gasteiger partial charge in [0.05, 0.1) is 17.7 Å². The maximum Gasteiger partial charge on any atom is 0.270 e. The molecule has 0 saturated carbocycles. The zero-order valence-corrected chi connectivity index (χ0v) is 13.6. The van der Waals surface area contributed by atoms with Crippen molar-refractivity contribution in [1.82, 2.24) is 10.7 Å². The van der Waals surface area contributed by atoms with E-state index in [1.165, 1.54) is 36.5 Å². The van der Waals surface area contributed by atoms with E-state index in [1.54, 1.807) is 18.2 Å². The first-order valence-corrected chi connectivity index (χ1v) is 7.43. The number of nitro benzene ring substituents is 1. The van der Waals surface area contributed by atoms with Gasteiger partial charge in [-0.25, -0.2) is 5.43 Å². The molecule has 2 N–H and O–H groups in total. The molecule has 2 aromatic carbocycles. The number of nitrogens with one attached hydrogen (secondary N) is 2. The van der Waals surface area contributed by atoms with E-state index in [4.69, 9.17) is 11.6 Å². The molecule has 2 amide bonds. The number of carbonyl (C=O) groups excluding carboxylic acids is 2. The number of halogens is 1. The molecule has 0 heterocycles. The summed E-state index contributed by atoms with van der Waals surface area (Å²) in [5, 5.41) is 17.3. The fourth-order valence-electron chi connectivity index (χ4n) is 1.80. The minimum absolute atomic E-state index is 0.0782. The van der Waals surface area contributed by atoms with Crippen LogP contribution in [-0.2, 0) is 4.79 Å². The first kappa shape index (κ1) is 18.1. The van der Waals surface area contributed by atoms with Gasteiger partial charge >= 0.3 is 0 Å². The van der Waals surface area contributed by atoms with Gasteiger partial charge in [0.25, 0.3) is 17.5 Å². The number of rotatable bonds is 6. The van der Waals surface area contributed by atoms with Crippen LogP contribution in [0.25, 0.3) is 0 Å². The number of nitro groups is 1. The molecule has 0 bridgehead atoms. The molecule has 0 radical (unpaired) electrons. The first-order valence-electron chi connectivity index (χ1n) is 7.06. The van der Waals surface area contributed by atoms with Crippen LogP contribution in [0.5, 0.6) is 0 Å². The Balaban J connectivity index is 1.82. The maximum absolute atomic E-state index is 11.8. The number of nitrogens with zero attached hydrogens (tertiary/aromatic N) is 2. The van der Waals surface area contributed by atoms with Crippen molar-refractivity contribution < 1.29 is 14.5 Å². The van der Waals surface area contributed by atoms with Crippen molar-refractivity contribution in [3.05, 3.63) is 74.8 Å². The van der Waals surface area contributed by atoms with Crippen LogP contribution in [0.4, 0.5) is 5.69 Å². The van der Waals surface area contributed by atoms with Crippen molar-refractivity contribution in [3.8, 4) is 0 Å². The third-order valence-electron chi connectivity index (χ3n) is 3.00. The van der Waals surface area contributed by atoms with E-state index in [0.29, 0.717) is 16.1 Å². The van der Waals surface area contributed by atoms with E-state index >= 15 is 0 Å². The molecule has 2 rings (SSSR count). The highest BCUT2D eigenvalue weighted by molar-refractivity contribution is 6.30. The molecule has 128 valence electrons. The second-order valence-electron chi connectivity index (χ2n) is 4.83. The molecule has 0 spiro atoms. The highest BCUT2D eigenvalue weighted by Gasteiger charge is 2.07. The fourth-order valence-corrected chi connectivity index (χ4v) is 1.93. The van der Waals surface area contributed by atoms with Gasteiger partial charge in [0.1, 0.15) is 0 Å². The summed E-state index contributed by atoms with van der Waals surface area (Å²) in [4.78, 5) is 33.6. The van der Waals surface area contributed by atoms with Gasteiger partial charge in [-0.05, 0) is 24.3 Å². The molecule has 0 aliphatic carbocycles. The smallest absolute Gasteiger partial charge is 0.270 e. The van der Waals surface area contributed by atoms with Crippen LogP contribution in [0.3, 0.4) is 0 Å². The molecule has 0 aromatic heterocycles. The molecule has 25 heavy (non-hydrogen) atoms. The number of amides is 2. The van der Waals surface area contributed by atoms with Crippen molar-refractivity contribution in [2.24, 2.45) is 5.10 Å². The summed E-state index contributed by atoms with van der Waals surface area (Å²) in [5.41, 5.74) is 2.97. The monoisotopic (exact) mass is 360 g/mol. The molecule has 0 atom stereocenters. The summed E-state index contributed by atoms with van der Waals surface area (Å²) in [6.07, 6.45) is 1.27. The van der Waals surface area contributed by atoms with Gasteiger partial charge in [0.2, 0.25) is 0 Å². The lowest BCUT2D eigenvalue weighted by atomic mass is 10.2. The molecule has 8 nitrogen and oxygen atoms in total. The molecule has 0 aliphatic heterocycles. The molecule has 0 unspecified atom stereocenters. The van der Waals surface area contributed by atoms with Gasteiger partial charge in [0.15, 0.2) is 0 Å². The Kier molecular flexibility index (Phi) is 6.19. The van der Waals surface area contributed by atoms with Crippen molar-refractivity contribution in [3.63, 3.8) is 0 Å². The summed E-state index contributed by atoms with van der Waals surface area (Å²) in [7, 11) is 0. The predicted octanol–water partition coefficient (Wildman–Crippen LogP) is 2.13. The van der Waals surface area contributed by atoms with Crippen LogP contribution in [0.2, 0.25) is 5.02 Å². The van der Waals surface area contributed by atoms with E-state index in [2.05, 4.69) is 15.8 Å². The lowest BCUT2D eigenvalue weighted by Crippen LogP contribution is -2.34. The highest BCUT2D eigenvalue weighted by atomic mass is 35.5. The SMILES string of the molecule is O=C(CNC(=O)c1ccc(Cl)cc1)N/N=C\c1cccc([N+](=O)[O-])c1. The minimum atomic E-state index is -0.538. The second kappa shape index (κ2) is 8.55. The summed E-state index contributed by atoms with van der Waals surface area (Å²) < 4.78 is 0. The van der Waals surface area contributed by atoms with Crippen molar-refractivity contribution in [2.75, 3.05) is 6.54 Å². The molecule has 2 aromatic rings. The highest BCUT2D eigenvalue weighted by Crippen LogP contribution is 2.11. The van der Waals surface area contributed by atoms with Crippen LogP contribution in [0, 0.1) is 10.1 Å². The van der Waals surface area contributed by atoms with Crippen LogP contribution in [0.15, 0.2) is 53.6 Å². The number of non-ortho nitro benzene ring substituents is 1.